The van der Waals surface area contributed by atoms with Gasteiger partial charge in [0, 0.05) is 18.3 Å². The Balaban J connectivity index is 2.53. The molecule has 1 aliphatic carbocycles. The van der Waals surface area contributed by atoms with Crippen LogP contribution >= 0.6 is 0 Å². The highest BCUT2D eigenvalue weighted by Crippen LogP contribution is 2.34. The normalized spacial score (nSPS) is 20.5. The number of nitrogens with zero attached hydrogens (tertiary/aromatic N) is 1. The zero-order valence-electron chi connectivity index (χ0n) is 6.99. The van der Waals surface area contributed by atoms with E-state index in [1.165, 1.54) is 5.56 Å². The van der Waals surface area contributed by atoms with Gasteiger partial charge < -0.3 is 5.11 Å². The summed E-state index contributed by atoms with van der Waals surface area (Å²) in [6.07, 6.45) is 5.73. The van der Waals surface area contributed by atoms with E-state index in [-0.39, 0.29) is 6.61 Å². The van der Waals surface area contributed by atoms with Gasteiger partial charge in [-0.15, -0.1) is 0 Å². The lowest BCUT2D eigenvalue weighted by Gasteiger charge is -2.02. The van der Waals surface area contributed by atoms with E-state index in [1.54, 1.807) is 6.20 Å². The summed E-state index contributed by atoms with van der Waals surface area (Å²) in [7, 11) is 0. The van der Waals surface area contributed by atoms with E-state index in [9.17, 15) is 0 Å². The fourth-order valence-electron chi connectivity index (χ4n) is 1.68. The second kappa shape index (κ2) is 2.72. The predicted molar refractivity (Wildman–Crippen MR) is 47.7 cm³/mol. The molecule has 1 atom stereocenters. The molecule has 1 heterocycles. The summed E-state index contributed by atoms with van der Waals surface area (Å²) in [6.45, 7) is 2.24. The molecule has 0 radical (unpaired) electrons. The van der Waals surface area contributed by atoms with Crippen LogP contribution in [0.15, 0.2) is 24.5 Å². The van der Waals surface area contributed by atoms with Crippen LogP contribution in [0.1, 0.15) is 24.0 Å². The largest absolute Gasteiger partial charge is 0.392 e. The van der Waals surface area contributed by atoms with Crippen molar-refractivity contribution in [1.29, 1.82) is 0 Å². The Morgan fingerprint density at radius 2 is 2.42 bits per heavy atom. The quantitative estimate of drug-likeness (QED) is 0.678. The smallest absolute Gasteiger partial charge is 0.0684 e. The Bertz CT molecular complexity index is 330. The van der Waals surface area contributed by atoms with Crippen molar-refractivity contribution in [3.8, 4) is 0 Å². The molecule has 0 spiro atoms. The summed E-state index contributed by atoms with van der Waals surface area (Å²) in [5.74, 6) is 0.399. The molecular formula is C10H11NO. The maximum atomic E-state index is 9.04. The minimum absolute atomic E-state index is 0.126. The first kappa shape index (κ1) is 7.50. The van der Waals surface area contributed by atoms with Gasteiger partial charge in [0.15, 0.2) is 0 Å². The minimum Gasteiger partial charge on any atom is -0.392 e. The van der Waals surface area contributed by atoms with Crippen LogP contribution in [0.5, 0.6) is 0 Å². The molecule has 0 aliphatic heterocycles. The van der Waals surface area contributed by atoms with Gasteiger partial charge in [0.2, 0.25) is 0 Å². The van der Waals surface area contributed by atoms with Crippen molar-refractivity contribution >= 4 is 5.57 Å². The Labute approximate surface area is 71.6 Å². The van der Waals surface area contributed by atoms with Crippen LogP contribution in [0.4, 0.5) is 0 Å². The van der Waals surface area contributed by atoms with Crippen molar-refractivity contribution < 1.29 is 5.11 Å². The summed E-state index contributed by atoms with van der Waals surface area (Å²) >= 11 is 0. The van der Waals surface area contributed by atoms with E-state index in [2.05, 4.69) is 18.0 Å². The van der Waals surface area contributed by atoms with Crippen molar-refractivity contribution in [3.63, 3.8) is 0 Å². The molecule has 1 unspecified atom stereocenters. The Hall–Kier alpha value is -1.15. The van der Waals surface area contributed by atoms with Crippen LogP contribution in [0.25, 0.3) is 5.57 Å². The molecule has 0 saturated heterocycles. The van der Waals surface area contributed by atoms with Crippen molar-refractivity contribution in [2.24, 2.45) is 0 Å². The number of pyridine rings is 1. The van der Waals surface area contributed by atoms with Gasteiger partial charge in [-0.2, -0.15) is 0 Å². The lowest BCUT2D eigenvalue weighted by molar-refractivity contribution is 0.350. The number of hydrogen-bond donors (Lipinski definition) is 1. The van der Waals surface area contributed by atoms with E-state index >= 15 is 0 Å². The van der Waals surface area contributed by atoms with Crippen molar-refractivity contribution in [1.82, 2.24) is 4.98 Å². The van der Waals surface area contributed by atoms with Crippen molar-refractivity contribution in [2.75, 3.05) is 6.61 Å². The van der Waals surface area contributed by atoms with Crippen LogP contribution < -0.4 is 0 Å². The highest BCUT2D eigenvalue weighted by atomic mass is 16.3. The first-order valence-electron chi connectivity index (χ1n) is 4.08. The molecule has 62 valence electrons. The third kappa shape index (κ3) is 0.959. The molecule has 0 bridgehead atoms. The van der Waals surface area contributed by atoms with Gasteiger partial charge in [-0.25, -0.2) is 0 Å². The van der Waals surface area contributed by atoms with Gasteiger partial charge in [-0.3, -0.25) is 4.98 Å². The van der Waals surface area contributed by atoms with Gasteiger partial charge >= 0.3 is 0 Å². The molecule has 12 heavy (non-hydrogen) atoms. The van der Waals surface area contributed by atoms with Crippen molar-refractivity contribution in [2.45, 2.75) is 12.8 Å². The highest BCUT2D eigenvalue weighted by Gasteiger charge is 2.18. The van der Waals surface area contributed by atoms with Crippen LogP contribution in [0.2, 0.25) is 0 Å². The molecule has 0 aromatic carbocycles. The first-order valence-corrected chi connectivity index (χ1v) is 4.08. The third-order valence-corrected chi connectivity index (χ3v) is 2.31. The molecule has 2 nitrogen and oxygen atoms in total. The van der Waals surface area contributed by atoms with Crippen molar-refractivity contribution in [3.05, 3.63) is 35.7 Å². The molecule has 1 aliphatic rings. The van der Waals surface area contributed by atoms with Crippen LogP contribution in [0.3, 0.4) is 0 Å². The number of aliphatic hydroxyl groups is 1. The molecule has 1 N–H and O–H groups in total. The van der Waals surface area contributed by atoms with Gasteiger partial charge in [0.1, 0.15) is 0 Å². The van der Waals surface area contributed by atoms with Gasteiger partial charge in [0.05, 0.1) is 6.61 Å². The summed E-state index contributed by atoms with van der Waals surface area (Å²) in [5, 5.41) is 9.04. The fraction of sp³-hybridized carbons (Fsp3) is 0.300. The molecule has 0 fully saturated rings. The van der Waals surface area contributed by atoms with E-state index < -0.39 is 0 Å². The average Bonchev–Trinajstić information content (AvgIpc) is 2.44. The molecule has 1 aromatic heterocycles. The number of aromatic nitrogens is 1. The third-order valence-electron chi connectivity index (χ3n) is 2.31. The number of aliphatic hydroxyl groups excluding tert-OH is 1. The Morgan fingerprint density at radius 1 is 1.58 bits per heavy atom. The maximum absolute atomic E-state index is 9.04. The molecule has 2 heteroatoms. The van der Waals surface area contributed by atoms with E-state index in [0.29, 0.717) is 5.92 Å². The maximum Gasteiger partial charge on any atom is 0.0684 e. The van der Waals surface area contributed by atoms with Crippen LogP contribution in [-0.4, -0.2) is 16.7 Å². The second-order valence-electron chi connectivity index (χ2n) is 3.10. The summed E-state index contributed by atoms with van der Waals surface area (Å²) in [5.41, 5.74) is 3.40. The number of fused-ring (bicyclic) bond motifs is 1. The molecular weight excluding hydrogens is 150 g/mol. The zero-order valence-corrected chi connectivity index (χ0v) is 6.99. The topological polar surface area (TPSA) is 33.1 Å². The van der Waals surface area contributed by atoms with Crippen LogP contribution in [0, 0.1) is 0 Å². The van der Waals surface area contributed by atoms with Gasteiger partial charge in [-0.1, -0.05) is 13.0 Å². The monoisotopic (exact) mass is 161 g/mol. The van der Waals surface area contributed by atoms with Gasteiger partial charge in [-0.05, 0) is 22.8 Å². The second-order valence-corrected chi connectivity index (χ2v) is 3.10. The summed E-state index contributed by atoms with van der Waals surface area (Å²) in [6, 6.07) is 1.96. The molecule has 0 amide bonds. The lowest BCUT2D eigenvalue weighted by Crippen LogP contribution is -1.90. The van der Waals surface area contributed by atoms with E-state index in [0.717, 1.165) is 11.1 Å². The minimum atomic E-state index is 0.126. The van der Waals surface area contributed by atoms with Gasteiger partial charge in [0.25, 0.3) is 0 Å². The molecule has 1 aromatic rings. The number of hydrogen-bond acceptors (Lipinski definition) is 2. The molecule has 0 saturated carbocycles. The average molecular weight is 161 g/mol. The fourth-order valence-corrected chi connectivity index (χ4v) is 1.68. The van der Waals surface area contributed by atoms with E-state index in [4.69, 9.17) is 5.11 Å². The highest BCUT2D eigenvalue weighted by molar-refractivity contribution is 5.74. The first-order chi connectivity index (χ1) is 5.83. The standard InChI is InChI=1S/C10H11NO/c1-7-4-8(6-12)9-2-3-11-5-10(7)9/h2-5,7,12H,6H2,1H3. The van der Waals surface area contributed by atoms with E-state index in [1.807, 2.05) is 12.3 Å². The lowest BCUT2D eigenvalue weighted by atomic mass is 10.1. The summed E-state index contributed by atoms with van der Waals surface area (Å²) < 4.78 is 0. The van der Waals surface area contributed by atoms with Crippen LogP contribution in [-0.2, 0) is 0 Å². The Kier molecular flexibility index (Phi) is 1.70. The Morgan fingerprint density at radius 3 is 3.17 bits per heavy atom. The zero-order chi connectivity index (χ0) is 8.55. The summed E-state index contributed by atoms with van der Waals surface area (Å²) in [4.78, 5) is 4.06. The predicted octanol–water partition coefficient (Wildman–Crippen LogP) is 1.57. The number of rotatable bonds is 1. The SMILES string of the molecule is CC1C=C(CO)c2ccncc21. The number of allylic oxidation sites excluding steroid dienone is 1. The molecule has 2 rings (SSSR count).